The fourth-order valence-corrected chi connectivity index (χ4v) is 4.32. The Morgan fingerprint density at radius 1 is 1.03 bits per heavy atom. The fraction of sp³-hybridized carbons (Fsp3) is 0.308. The van der Waals surface area contributed by atoms with Crippen molar-refractivity contribution in [2.45, 2.75) is 24.7 Å². The molecular formula is C26H28FNO3. The van der Waals surface area contributed by atoms with Gasteiger partial charge < -0.3 is 14.6 Å². The molecule has 4 rings (SSSR count). The maximum atomic E-state index is 14.3. The van der Waals surface area contributed by atoms with Crippen molar-refractivity contribution in [1.29, 1.82) is 0 Å². The molecule has 162 valence electrons. The number of rotatable bonds is 7. The van der Waals surface area contributed by atoms with E-state index in [1.807, 2.05) is 48.5 Å². The zero-order valence-corrected chi connectivity index (χ0v) is 17.7. The number of para-hydroxylation sites is 1. The van der Waals surface area contributed by atoms with Gasteiger partial charge in [0.15, 0.2) is 11.6 Å². The molecule has 1 aliphatic heterocycles. The normalized spacial score (nSPS) is 19.0. The maximum Gasteiger partial charge on any atom is 0.165 e. The zero-order valence-electron chi connectivity index (χ0n) is 17.7. The SMILES string of the molecule is COc1c(F)cccc1C[C@](O)(c1ccccc1)C1CN(Cc2ccccc2)CCO1. The van der Waals surface area contributed by atoms with Gasteiger partial charge in [-0.2, -0.15) is 0 Å². The molecule has 1 N–H and O–H groups in total. The molecule has 0 saturated carbocycles. The second-order valence-electron chi connectivity index (χ2n) is 7.98. The Labute approximate surface area is 182 Å². The van der Waals surface area contributed by atoms with E-state index in [4.69, 9.17) is 9.47 Å². The van der Waals surface area contributed by atoms with Gasteiger partial charge in [0.2, 0.25) is 0 Å². The summed E-state index contributed by atoms with van der Waals surface area (Å²) in [6, 6.07) is 24.6. The fourth-order valence-electron chi connectivity index (χ4n) is 4.32. The van der Waals surface area contributed by atoms with Gasteiger partial charge in [0, 0.05) is 31.6 Å². The highest BCUT2D eigenvalue weighted by Gasteiger charge is 2.42. The van der Waals surface area contributed by atoms with E-state index in [9.17, 15) is 9.50 Å². The van der Waals surface area contributed by atoms with Crippen molar-refractivity contribution in [2.24, 2.45) is 0 Å². The van der Waals surface area contributed by atoms with Crippen LogP contribution in [0.15, 0.2) is 78.9 Å². The minimum atomic E-state index is -1.34. The third kappa shape index (κ3) is 4.79. The maximum absolute atomic E-state index is 14.3. The molecule has 0 spiro atoms. The van der Waals surface area contributed by atoms with Gasteiger partial charge in [-0.15, -0.1) is 0 Å². The Morgan fingerprint density at radius 2 is 1.74 bits per heavy atom. The third-order valence-corrected chi connectivity index (χ3v) is 5.92. The molecule has 1 aliphatic rings. The molecule has 3 aromatic rings. The van der Waals surface area contributed by atoms with Gasteiger partial charge in [0.1, 0.15) is 11.7 Å². The van der Waals surface area contributed by atoms with Gasteiger partial charge >= 0.3 is 0 Å². The van der Waals surface area contributed by atoms with Crippen molar-refractivity contribution in [3.05, 3.63) is 101 Å². The first-order valence-corrected chi connectivity index (χ1v) is 10.6. The standard InChI is InChI=1S/C26H28FNO3/c1-30-25-21(11-8-14-23(25)27)17-26(29,22-12-6-3-7-13-22)24-19-28(15-16-31-24)18-20-9-4-2-5-10-20/h2-14,24,29H,15-19H2,1H3/t24?,26-/m0/s1. The Morgan fingerprint density at radius 3 is 2.45 bits per heavy atom. The van der Waals surface area contributed by atoms with E-state index in [0.717, 1.165) is 18.7 Å². The lowest BCUT2D eigenvalue weighted by molar-refractivity contribution is -0.150. The van der Waals surface area contributed by atoms with Crippen LogP contribution in [0.3, 0.4) is 0 Å². The molecule has 1 heterocycles. The highest BCUT2D eigenvalue weighted by Crippen LogP contribution is 2.36. The van der Waals surface area contributed by atoms with Gasteiger partial charge in [-0.1, -0.05) is 72.8 Å². The van der Waals surface area contributed by atoms with Crippen molar-refractivity contribution in [3.8, 4) is 5.75 Å². The average Bonchev–Trinajstić information content (AvgIpc) is 2.81. The summed E-state index contributed by atoms with van der Waals surface area (Å²) in [5.41, 5.74) is 1.24. The Hall–Kier alpha value is -2.73. The van der Waals surface area contributed by atoms with E-state index in [-0.39, 0.29) is 12.2 Å². The summed E-state index contributed by atoms with van der Waals surface area (Å²) >= 11 is 0. The summed E-state index contributed by atoms with van der Waals surface area (Å²) < 4.78 is 25.8. The lowest BCUT2D eigenvalue weighted by Crippen LogP contribution is -2.53. The monoisotopic (exact) mass is 421 g/mol. The molecule has 2 atom stereocenters. The van der Waals surface area contributed by atoms with E-state index in [1.54, 1.807) is 12.1 Å². The lowest BCUT2D eigenvalue weighted by Gasteiger charge is -2.42. The molecule has 1 fully saturated rings. The second kappa shape index (κ2) is 9.60. The molecule has 1 saturated heterocycles. The summed E-state index contributed by atoms with van der Waals surface area (Å²) in [4.78, 5) is 2.29. The minimum Gasteiger partial charge on any atom is -0.493 e. The molecule has 0 aliphatic carbocycles. The number of methoxy groups -OCH3 is 1. The summed E-state index contributed by atoms with van der Waals surface area (Å²) in [5.74, 6) is -0.278. The molecular weight excluding hydrogens is 393 g/mol. The quantitative estimate of drug-likeness (QED) is 0.622. The summed E-state index contributed by atoms with van der Waals surface area (Å²) in [5, 5.41) is 12.0. The van der Waals surface area contributed by atoms with Gasteiger partial charge in [-0.3, -0.25) is 4.90 Å². The largest absolute Gasteiger partial charge is 0.493 e. The van der Waals surface area contributed by atoms with Crippen LogP contribution in [-0.4, -0.2) is 42.9 Å². The van der Waals surface area contributed by atoms with Gasteiger partial charge in [-0.25, -0.2) is 4.39 Å². The Bertz CT molecular complexity index is 982. The van der Waals surface area contributed by atoms with Crippen molar-refractivity contribution in [1.82, 2.24) is 4.90 Å². The highest BCUT2D eigenvalue weighted by molar-refractivity contribution is 5.38. The van der Waals surface area contributed by atoms with Crippen LogP contribution in [0.1, 0.15) is 16.7 Å². The van der Waals surface area contributed by atoms with E-state index < -0.39 is 17.5 Å². The third-order valence-electron chi connectivity index (χ3n) is 5.92. The molecule has 1 unspecified atom stereocenters. The number of hydrogen-bond donors (Lipinski definition) is 1. The molecule has 0 aromatic heterocycles. The van der Waals surface area contributed by atoms with Gasteiger partial charge in [-0.05, 0) is 17.2 Å². The Kier molecular flexibility index (Phi) is 6.66. The summed E-state index contributed by atoms with van der Waals surface area (Å²) in [6.45, 7) is 2.67. The first kappa shape index (κ1) is 21.5. The van der Waals surface area contributed by atoms with Crippen LogP contribution in [-0.2, 0) is 23.3 Å². The minimum absolute atomic E-state index is 0.161. The van der Waals surface area contributed by atoms with Crippen LogP contribution in [0.25, 0.3) is 0 Å². The van der Waals surface area contributed by atoms with Crippen LogP contribution in [0, 0.1) is 5.82 Å². The summed E-state index contributed by atoms with van der Waals surface area (Å²) in [6.07, 6.45) is -0.290. The Balaban J connectivity index is 1.64. The van der Waals surface area contributed by atoms with Crippen LogP contribution in [0.5, 0.6) is 5.75 Å². The molecule has 3 aromatic carbocycles. The van der Waals surface area contributed by atoms with Crippen LogP contribution >= 0.6 is 0 Å². The number of morpholine rings is 1. The molecule has 0 bridgehead atoms. The van der Waals surface area contributed by atoms with Crippen molar-refractivity contribution in [3.63, 3.8) is 0 Å². The second-order valence-corrected chi connectivity index (χ2v) is 7.98. The summed E-state index contributed by atoms with van der Waals surface area (Å²) in [7, 11) is 1.45. The first-order valence-electron chi connectivity index (χ1n) is 10.6. The topological polar surface area (TPSA) is 41.9 Å². The van der Waals surface area contributed by atoms with E-state index in [1.165, 1.54) is 18.7 Å². The number of aliphatic hydroxyl groups is 1. The van der Waals surface area contributed by atoms with Crippen molar-refractivity contribution < 1.29 is 19.0 Å². The smallest absolute Gasteiger partial charge is 0.165 e. The van der Waals surface area contributed by atoms with Gasteiger partial charge in [0.05, 0.1) is 13.7 Å². The molecule has 0 radical (unpaired) electrons. The number of halogens is 1. The molecule has 31 heavy (non-hydrogen) atoms. The number of nitrogens with zero attached hydrogens (tertiary/aromatic N) is 1. The predicted molar refractivity (Wildman–Crippen MR) is 118 cm³/mol. The van der Waals surface area contributed by atoms with Gasteiger partial charge in [0.25, 0.3) is 0 Å². The lowest BCUT2D eigenvalue weighted by atomic mass is 9.81. The van der Waals surface area contributed by atoms with Crippen LogP contribution in [0.4, 0.5) is 4.39 Å². The molecule has 0 amide bonds. The first-order chi connectivity index (χ1) is 15.1. The van der Waals surface area contributed by atoms with Crippen LogP contribution < -0.4 is 4.74 Å². The van der Waals surface area contributed by atoms with Crippen LogP contribution in [0.2, 0.25) is 0 Å². The van der Waals surface area contributed by atoms with E-state index in [2.05, 4.69) is 17.0 Å². The average molecular weight is 422 g/mol. The van der Waals surface area contributed by atoms with Crippen molar-refractivity contribution in [2.75, 3.05) is 26.8 Å². The van der Waals surface area contributed by atoms with E-state index >= 15 is 0 Å². The number of hydrogen-bond acceptors (Lipinski definition) is 4. The number of benzene rings is 3. The highest BCUT2D eigenvalue weighted by atomic mass is 19.1. The predicted octanol–water partition coefficient (Wildman–Crippen LogP) is 4.17. The van der Waals surface area contributed by atoms with E-state index in [0.29, 0.717) is 18.7 Å². The molecule has 4 nitrogen and oxygen atoms in total. The molecule has 5 heteroatoms. The zero-order chi connectivity index (χ0) is 21.7. The van der Waals surface area contributed by atoms with Crippen molar-refractivity contribution >= 4 is 0 Å². The number of ether oxygens (including phenoxy) is 2.